The number of hydrogen-bond acceptors (Lipinski definition) is 5. The third kappa shape index (κ3) is 4.44. The second-order valence-electron chi connectivity index (χ2n) is 6.22. The van der Waals surface area contributed by atoms with Crippen molar-refractivity contribution in [1.82, 2.24) is 9.80 Å². The van der Waals surface area contributed by atoms with Crippen LogP contribution in [0.5, 0.6) is 11.5 Å². The van der Waals surface area contributed by atoms with Gasteiger partial charge in [0.05, 0.1) is 26.7 Å². The van der Waals surface area contributed by atoms with Crippen LogP contribution in [0.3, 0.4) is 0 Å². The first-order valence-electron chi connectivity index (χ1n) is 8.35. The summed E-state index contributed by atoms with van der Waals surface area (Å²) in [7, 11) is 4.55. The molecule has 1 aromatic carbocycles. The highest BCUT2D eigenvalue weighted by Crippen LogP contribution is 2.28. The van der Waals surface area contributed by atoms with Gasteiger partial charge < -0.3 is 24.4 Å². The molecule has 8 heteroatoms. The Balaban J connectivity index is 1.96. The summed E-state index contributed by atoms with van der Waals surface area (Å²) in [6.45, 7) is 0.729. The molecule has 1 N–H and O–H groups in total. The summed E-state index contributed by atoms with van der Waals surface area (Å²) in [5.41, 5.74) is 0.391. The van der Waals surface area contributed by atoms with Crippen LogP contribution in [0.25, 0.3) is 0 Å². The van der Waals surface area contributed by atoms with Crippen LogP contribution in [-0.2, 0) is 9.59 Å². The number of hydrogen-bond donors (Lipinski definition) is 1. The van der Waals surface area contributed by atoms with Crippen molar-refractivity contribution in [1.29, 1.82) is 0 Å². The Bertz CT molecular complexity index is 682. The summed E-state index contributed by atoms with van der Waals surface area (Å²) < 4.78 is 10.3. The predicted octanol–water partition coefficient (Wildman–Crippen LogP) is 1.10. The Hall–Kier alpha value is -2.77. The third-order valence-electron chi connectivity index (χ3n) is 4.55. The molecule has 1 fully saturated rings. The van der Waals surface area contributed by atoms with Crippen LogP contribution in [0.15, 0.2) is 18.2 Å². The second-order valence-corrected chi connectivity index (χ2v) is 6.22. The lowest BCUT2D eigenvalue weighted by molar-refractivity contribution is -0.145. The molecule has 1 heterocycles. The Kier molecular flexibility index (Phi) is 6.43. The van der Waals surface area contributed by atoms with E-state index in [-0.39, 0.29) is 18.4 Å². The smallest absolute Gasteiger partial charge is 0.306 e. The number of methoxy groups -OCH3 is 2. The number of nitrogens with zero attached hydrogens (tertiary/aromatic N) is 2. The number of carbonyl (C=O) groups excluding carboxylic acids is 2. The summed E-state index contributed by atoms with van der Waals surface area (Å²) in [5.74, 6) is -0.759. The second kappa shape index (κ2) is 8.55. The van der Waals surface area contributed by atoms with Gasteiger partial charge in [0, 0.05) is 25.7 Å². The van der Waals surface area contributed by atoms with Crippen LogP contribution in [0, 0.1) is 5.92 Å². The van der Waals surface area contributed by atoms with Gasteiger partial charge in [-0.2, -0.15) is 0 Å². The van der Waals surface area contributed by atoms with E-state index in [1.807, 2.05) is 0 Å². The minimum Gasteiger partial charge on any atom is -0.493 e. The first-order valence-corrected chi connectivity index (χ1v) is 8.35. The maximum atomic E-state index is 12.6. The van der Waals surface area contributed by atoms with Crippen LogP contribution >= 0.6 is 0 Å². The van der Waals surface area contributed by atoms with Gasteiger partial charge in [-0.1, -0.05) is 0 Å². The van der Waals surface area contributed by atoms with Crippen molar-refractivity contribution in [3.8, 4) is 11.5 Å². The first kappa shape index (κ1) is 19.6. The molecule has 0 saturated carbocycles. The van der Waals surface area contributed by atoms with Gasteiger partial charge in [-0.15, -0.1) is 0 Å². The fourth-order valence-corrected chi connectivity index (χ4v) is 2.94. The number of likely N-dealkylation sites (N-methyl/N-ethyl adjacent to an activating group) is 1. The highest BCUT2D eigenvalue weighted by Gasteiger charge is 2.28. The van der Waals surface area contributed by atoms with Crippen molar-refractivity contribution in [3.63, 3.8) is 0 Å². The van der Waals surface area contributed by atoms with Gasteiger partial charge in [0.25, 0.3) is 5.91 Å². The maximum Gasteiger partial charge on any atom is 0.306 e. The largest absolute Gasteiger partial charge is 0.493 e. The van der Waals surface area contributed by atoms with Crippen LogP contribution in [0.4, 0.5) is 0 Å². The van der Waals surface area contributed by atoms with Gasteiger partial charge >= 0.3 is 5.97 Å². The number of carbonyl (C=O) groups is 3. The molecule has 2 amide bonds. The zero-order valence-corrected chi connectivity index (χ0v) is 15.2. The summed E-state index contributed by atoms with van der Waals surface area (Å²) in [5, 5.41) is 9.01. The zero-order valence-electron chi connectivity index (χ0n) is 15.2. The summed E-state index contributed by atoms with van der Waals surface area (Å²) in [4.78, 5) is 38.9. The van der Waals surface area contributed by atoms with Crippen molar-refractivity contribution in [2.45, 2.75) is 12.8 Å². The van der Waals surface area contributed by atoms with Crippen molar-refractivity contribution in [2.75, 3.05) is 40.9 Å². The Morgan fingerprint density at radius 3 is 2.31 bits per heavy atom. The summed E-state index contributed by atoms with van der Waals surface area (Å²) in [6, 6.07) is 4.82. The lowest BCUT2D eigenvalue weighted by Gasteiger charge is -2.31. The van der Waals surface area contributed by atoms with Gasteiger partial charge in [-0.3, -0.25) is 14.4 Å². The topological polar surface area (TPSA) is 96.4 Å². The SMILES string of the molecule is COc1ccc(C(=O)N(C)CC(=O)N2CCC(C(=O)O)CC2)cc1OC. The van der Waals surface area contributed by atoms with E-state index in [4.69, 9.17) is 14.6 Å². The third-order valence-corrected chi connectivity index (χ3v) is 4.55. The molecule has 142 valence electrons. The van der Waals surface area contributed by atoms with E-state index in [9.17, 15) is 14.4 Å². The van der Waals surface area contributed by atoms with E-state index < -0.39 is 11.9 Å². The van der Waals surface area contributed by atoms with E-state index in [1.165, 1.54) is 19.1 Å². The average Bonchev–Trinajstić information content (AvgIpc) is 2.66. The summed E-state index contributed by atoms with van der Waals surface area (Å²) >= 11 is 0. The number of carboxylic acid groups (broad SMARTS) is 1. The van der Waals surface area contributed by atoms with Crippen molar-refractivity contribution >= 4 is 17.8 Å². The molecule has 1 aliphatic rings. The minimum absolute atomic E-state index is 0.0646. The van der Waals surface area contributed by atoms with Crippen LogP contribution in [-0.4, -0.2) is 73.6 Å². The number of piperidine rings is 1. The number of benzene rings is 1. The molecular weight excluding hydrogens is 340 g/mol. The number of rotatable bonds is 6. The molecule has 0 aromatic heterocycles. The number of carboxylic acids is 1. The number of amides is 2. The van der Waals surface area contributed by atoms with Gasteiger partial charge in [0.1, 0.15) is 0 Å². The zero-order chi connectivity index (χ0) is 19.3. The molecule has 0 radical (unpaired) electrons. The minimum atomic E-state index is -0.821. The van der Waals surface area contributed by atoms with Crippen LogP contribution in [0.2, 0.25) is 0 Å². The fourth-order valence-electron chi connectivity index (χ4n) is 2.94. The number of aliphatic carboxylic acids is 1. The lowest BCUT2D eigenvalue weighted by atomic mass is 9.97. The molecule has 0 bridgehead atoms. The van der Waals surface area contributed by atoms with E-state index in [1.54, 1.807) is 30.1 Å². The van der Waals surface area contributed by atoms with Crippen molar-refractivity contribution < 1.29 is 29.0 Å². The molecule has 0 spiro atoms. The van der Waals surface area contributed by atoms with Gasteiger partial charge in [-0.25, -0.2) is 0 Å². The number of ether oxygens (including phenoxy) is 2. The fraction of sp³-hybridized carbons (Fsp3) is 0.500. The lowest BCUT2D eigenvalue weighted by Crippen LogP contribution is -2.45. The normalized spacial score (nSPS) is 14.7. The molecule has 1 aliphatic heterocycles. The molecule has 8 nitrogen and oxygen atoms in total. The van der Waals surface area contributed by atoms with E-state index >= 15 is 0 Å². The Morgan fingerprint density at radius 2 is 1.77 bits per heavy atom. The Morgan fingerprint density at radius 1 is 1.15 bits per heavy atom. The molecule has 0 aliphatic carbocycles. The standard InChI is InChI=1S/C18H24N2O6/c1-19(11-16(21)20-8-6-12(7-9-20)18(23)24)17(22)13-4-5-14(25-2)15(10-13)26-3/h4-5,10,12H,6-9,11H2,1-3H3,(H,23,24). The molecular formula is C18H24N2O6. The van der Waals surface area contributed by atoms with Crippen LogP contribution < -0.4 is 9.47 Å². The molecule has 0 atom stereocenters. The monoisotopic (exact) mass is 364 g/mol. The molecule has 2 rings (SSSR count). The predicted molar refractivity (Wildman–Crippen MR) is 93.4 cm³/mol. The quantitative estimate of drug-likeness (QED) is 0.812. The molecule has 1 saturated heterocycles. The van der Waals surface area contributed by atoms with E-state index in [2.05, 4.69) is 0 Å². The summed E-state index contributed by atoms with van der Waals surface area (Å²) in [6.07, 6.45) is 0.878. The van der Waals surface area contributed by atoms with E-state index in [0.717, 1.165) is 0 Å². The van der Waals surface area contributed by atoms with E-state index in [0.29, 0.717) is 43.0 Å². The van der Waals surface area contributed by atoms with Gasteiger partial charge in [0.15, 0.2) is 11.5 Å². The molecule has 1 aromatic rings. The molecule has 26 heavy (non-hydrogen) atoms. The van der Waals surface area contributed by atoms with Crippen molar-refractivity contribution in [3.05, 3.63) is 23.8 Å². The highest BCUT2D eigenvalue weighted by molar-refractivity contribution is 5.97. The highest BCUT2D eigenvalue weighted by atomic mass is 16.5. The van der Waals surface area contributed by atoms with Crippen molar-refractivity contribution in [2.24, 2.45) is 5.92 Å². The molecule has 0 unspecified atom stereocenters. The number of likely N-dealkylation sites (tertiary alicyclic amines) is 1. The maximum absolute atomic E-state index is 12.6. The average molecular weight is 364 g/mol. The van der Waals surface area contributed by atoms with Gasteiger partial charge in [0.2, 0.25) is 5.91 Å². The first-order chi connectivity index (χ1) is 12.4. The Labute approximate surface area is 152 Å². The van der Waals surface area contributed by atoms with Crippen LogP contribution in [0.1, 0.15) is 23.2 Å². The van der Waals surface area contributed by atoms with Gasteiger partial charge in [-0.05, 0) is 31.0 Å².